The van der Waals surface area contributed by atoms with Gasteiger partial charge in [-0.1, -0.05) is 20.8 Å². The van der Waals surface area contributed by atoms with Crippen LogP contribution >= 0.6 is 0 Å². The Morgan fingerprint density at radius 3 is 1.89 bits per heavy atom. The first-order valence-corrected chi connectivity index (χ1v) is 3.10. The Kier molecular flexibility index (Phi) is 2.85. The number of ketones is 1. The second kappa shape index (κ2) is 2.97. The zero-order valence-corrected chi connectivity index (χ0v) is 6.23. The summed E-state index contributed by atoms with van der Waals surface area (Å²) in [6.07, 6.45) is 0.170. The van der Waals surface area contributed by atoms with Crippen molar-refractivity contribution in [1.82, 2.24) is 0 Å². The fourth-order valence-electron chi connectivity index (χ4n) is 0.468. The Labute approximate surface area is 55.9 Å². The van der Waals surface area contributed by atoms with Crippen LogP contribution in [0.5, 0.6) is 0 Å². The molecule has 0 saturated carbocycles. The molecule has 53 valence electrons. The number of Topliss-reactive ketones (excluding diaryl/α,β-unsaturated/α-hetero) is 1. The predicted octanol–water partition coefficient (Wildman–Crippen LogP) is 1.42. The van der Waals surface area contributed by atoms with E-state index in [2.05, 4.69) is 0 Å². The second-order valence-electron chi connectivity index (χ2n) is 3.13. The molecule has 0 atom stereocenters. The van der Waals surface area contributed by atoms with Gasteiger partial charge in [-0.05, 0) is 0 Å². The molecular weight excluding hydrogens is 116 g/mol. The lowest BCUT2D eigenvalue weighted by atomic mass is 9.89. The van der Waals surface area contributed by atoms with Crippen LogP contribution in [-0.2, 0) is 9.90 Å². The molecule has 0 aromatic heterocycles. The molecule has 0 unspecified atom stereocenters. The number of hydrogen-bond acceptors (Lipinski definition) is 1. The number of rotatable bonds is 2. The van der Waals surface area contributed by atoms with Gasteiger partial charge in [0.15, 0.2) is 0 Å². The summed E-state index contributed by atoms with van der Waals surface area (Å²) in [7, 11) is 0. The van der Waals surface area contributed by atoms with Crippen molar-refractivity contribution in [2.24, 2.45) is 5.41 Å². The van der Waals surface area contributed by atoms with E-state index in [1.54, 1.807) is 0 Å². The van der Waals surface area contributed by atoms with Gasteiger partial charge >= 0.3 is 0 Å². The van der Waals surface area contributed by atoms with Gasteiger partial charge in [-0.2, -0.15) is 0 Å². The molecule has 0 aliphatic carbocycles. The smallest absolute Gasteiger partial charge is 0.140 e. The summed E-state index contributed by atoms with van der Waals surface area (Å²) in [6.45, 7) is 5.19. The van der Waals surface area contributed by atoms with Crippen molar-refractivity contribution in [3.8, 4) is 0 Å². The summed E-state index contributed by atoms with van der Waals surface area (Å²) >= 11 is 0. The Balaban J connectivity index is 3.74. The molecule has 0 amide bonds. The van der Waals surface area contributed by atoms with Crippen molar-refractivity contribution in [3.05, 3.63) is 0 Å². The number of carbonyl (C=O) groups excluding carboxylic acids is 1. The second-order valence-corrected chi connectivity index (χ2v) is 3.13. The fourth-order valence-corrected chi connectivity index (χ4v) is 0.468. The van der Waals surface area contributed by atoms with Gasteiger partial charge in [0.1, 0.15) is 5.78 Å². The molecule has 0 aromatic carbocycles. The van der Waals surface area contributed by atoms with Crippen LogP contribution in [-0.4, -0.2) is 12.4 Å². The molecule has 0 aliphatic heterocycles. The van der Waals surface area contributed by atoms with Gasteiger partial charge in [0.05, 0.1) is 6.61 Å². The van der Waals surface area contributed by atoms with Gasteiger partial charge < -0.3 is 0 Å². The average molecular weight is 129 g/mol. The zero-order chi connectivity index (χ0) is 7.49. The highest BCUT2D eigenvalue weighted by atomic mass is 16.3. The van der Waals surface area contributed by atoms with Crippen LogP contribution in [0.1, 0.15) is 27.2 Å². The predicted molar refractivity (Wildman–Crippen MR) is 34.6 cm³/mol. The van der Waals surface area contributed by atoms with E-state index in [1.165, 1.54) is 0 Å². The van der Waals surface area contributed by atoms with Crippen LogP contribution in [0, 0.1) is 5.41 Å². The number of hydrogen-bond donors (Lipinski definition) is 0. The summed E-state index contributed by atoms with van der Waals surface area (Å²) in [5, 5.41) is 9.97. The van der Waals surface area contributed by atoms with Crippen molar-refractivity contribution < 1.29 is 9.90 Å². The number of carbonyl (C=O) groups is 1. The third kappa shape index (κ3) is 3.25. The zero-order valence-electron chi connectivity index (χ0n) is 6.23. The maximum absolute atomic E-state index is 10.9. The lowest BCUT2D eigenvalue weighted by Gasteiger charge is -2.14. The molecule has 0 aromatic rings. The van der Waals surface area contributed by atoms with Crippen LogP contribution < -0.4 is 0 Å². The van der Waals surface area contributed by atoms with E-state index in [1.807, 2.05) is 20.8 Å². The molecule has 0 heterocycles. The Morgan fingerprint density at radius 1 is 1.33 bits per heavy atom. The molecule has 0 rings (SSSR count). The van der Waals surface area contributed by atoms with Crippen molar-refractivity contribution in [3.63, 3.8) is 0 Å². The topological polar surface area (TPSA) is 37.0 Å². The first-order valence-electron chi connectivity index (χ1n) is 3.10. The summed E-state index contributed by atoms with van der Waals surface area (Å²) < 4.78 is 0. The minimum Gasteiger partial charge on any atom is -0.299 e. The van der Waals surface area contributed by atoms with Crippen LogP contribution in [0.3, 0.4) is 0 Å². The van der Waals surface area contributed by atoms with E-state index >= 15 is 0 Å². The molecule has 0 saturated heterocycles. The first-order chi connectivity index (χ1) is 3.98. The van der Waals surface area contributed by atoms with E-state index in [9.17, 15) is 9.90 Å². The highest BCUT2D eigenvalue weighted by Gasteiger charge is 2.19. The van der Waals surface area contributed by atoms with Gasteiger partial charge in [-0.25, -0.2) is 5.11 Å². The standard InChI is InChI=1S/C7H13O2/c1-7(2,3)6(9)4-5-8/h4-5H2,1-3H3. The summed E-state index contributed by atoms with van der Waals surface area (Å²) in [6, 6.07) is 0. The first kappa shape index (κ1) is 8.63. The molecule has 2 nitrogen and oxygen atoms in total. The van der Waals surface area contributed by atoms with Crippen molar-refractivity contribution in [2.45, 2.75) is 27.2 Å². The van der Waals surface area contributed by atoms with Crippen molar-refractivity contribution in [1.29, 1.82) is 0 Å². The molecular formula is C7H13O2. The normalized spacial score (nSPS) is 11.6. The summed E-state index contributed by atoms with van der Waals surface area (Å²) in [5.74, 6) is 0.0532. The molecule has 0 spiro atoms. The van der Waals surface area contributed by atoms with Gasteiger partial charge in [0.25, 0.3) is 0 Å². The summed E-state index contributed by atoms with van der Waals surface area (Å²) in [5.41, 5.74) is -0.329. The van der Waals surface area contributed by atoms with E-state index in [0.29, 0.717) is 0 Å². The molecule has 0 aliphatic rings. The lowest BCUT2D eigenvalue weighted by Crippen LogP contribution is -2.20. The molecule has 0 N–H and O–H groups in total. The Hall–Kier alpha value is -0.370. The molecule has 1 radical (unpaired) electrons. The van der Waals surface area contributed by atoms with Gasteiger partial charge in [-0.15, -0.1) is 0 Å². The van der Waals surface area contributed by atoms with Crippen LogP contribution in [0.15, 0.2) is 0 Å². The third-order valence-electron chi connectivity index (χ3n) is 1.17. The third-order valence-corrected chi connectivity index (χ3v) is 1.17. The largest absolute Gasteiger partial charge is 0.299 e. The van der Waals surface area contributed by atoms with E-state index in [4.69, 9.17) is 0 Å². The monoisotopic (exact) mass is 129 g/mol. The van der Waals surface area contributed by atoms with E-state index < -0.39 is 0 Å². The fraction of sp³-hybridized carbons (Fsp3) is 0.857. The van der Waals surface area contributed by atoms with Gasteiger partial charge in [0, 0.05) is 11.8 Å². The van der Waals surface area contributed by atoms with Gasteiger partial charge in [-0.3, -0.25) is 4.79 Å². The molecule has 0 bridgehead atoms. The van der Waals surface area contributed by atoms with Gasteiger partial charge in [0.2, 0.25) is 0 Å². The SMILES string of the molecule is CC(C)(C)C(=O)CC[O]. The molecule has 2 heteroatoms. The minimum absolute atomic E-state index is 0.0532. The van der Waals surface area contributed by atoms with Crippen LogP contribution in [0.4, 0.5) is 0 Å². The maximum Gasteiger partial charge on any atom is 0.140 e. The lowest BCUT2D eigenvalue weighted by molar-refractivity contribution is -0.127. The maximum atomic E-state index is 10.9. The minimum atomic E-state index is -0.329. The Morgan fingerprint density at radius 2 is 1.78 bits per heavy atom. The van der Waals surface area contributed by atoms with E-state index in [0.717, 1.165) is 0 Å². The molecule has 0 fully saturated rings. The van der Waals surface area contributed by atoms with Crippen LogP contribution in [0.25, 0.3) is 0 Å². The van der Waals surface area contributed by atoms with Crippen LogP contribution in [0.2, 0.25) is 0 Å². The van der Waals surface area contributed by atoms with Crippen molar-refractivity contribution in [2.75, 3.05) is 6.61 Å². The summed E-state index contributed by atoms with van der Waals surface area (Å²) in [4.78, 5) is 10.9. The average Bonchev–Trinajstić information content (AvgIpc) is 1.64. The van der Waals surface area contributed by atoms with E-state index in [-0.39, 0.29) is 24.2 Å². The Bertz CT molecular complexity index is 100.0. The quantitative estimate of drug-likeness (QED) is 0.555. The highest BCUT2D eigenvalue weighted by Crippen LogP contribution is 2.15. The molecule has 9 heavy (non-hydrogen) atoms. The highest BCUT2D eigenvalue weighted by molar-refractivity contribution is 5.83. The van der Waals surface area contributed by atoms with Crippen molar-refractivity contribution >= 4 is 5.78 Å².